The molecule has 10 heteroatoms. The Hall–Kier alpha value is -3.07. The molecule has 0 aliphatic carbocycles. The van der Waals surface area contributed by atoms with E-state index < -0.39 is 32.5 Å². The molecular weight excluding hydrogens is 667 g/mol. The van der Waals surface area contributed by atoms with Crippen LogP contribution in [0.5, 0.6) is 0 Å². The lowest BCUT2D eigenvalue weighted by molar-refractivity contribution is -0.161. The molecule has 0 saturated heterocycles. The summed E-state index contributed by atoms with van der Waals surface area (Å²) in [7, 11) is -4.79. The minimum Gasteiger partial charge on any atom is -0.462 e. The highest BCUT2D eigenvalue weighted by Gasteiger charge is 2.22. The molecular formula is C41H65O9P. The average Bonchev–Trinajstić information content (AvgIpc) is 3.10. The summed E-state index contributed by atoms with van der Waals surface area (Å²) in [6, 6.07) is 0. The molecule has 0 heterocycles. The summed E-state index contributed by atoms with van der Waals surface area (Å²) < 4.78 is 26.2. The minimum absolute atomic E-state index is 0.138. The van der Waals surface area contributed by atoms with Crippen molar-refractivity contribution in [1.29, 1.82) is 0 Å². The summed E-state index contributed by atoms with van der Waals surface area (Å²) >= 11 is 0. The number of aliphatic hydroxyl groups is 1. The van der Waals surface area contributed by atoms with E-state index >= 15 is 0 Å². The average molecular weight is 733 g/mol. The first kappa shape index (κ1) is 47.9. The van der Waals surface area contributed by atoms with Crippen LogP contribution in [0.4, 0.5) is 0 Å². The Bertz CT molecular complexity index is 1160. The number of allylic oxidation sites excluding steroid dienone is 15. The van der Waals surface area contributed by atoms with Crippen LogP contribution in [0.2, 0.25) is 0 Å². The SMILES string of the molecule is CCCCC/C=C\C/C=C\C/C=C\CCCCC(=O)O[C@H](COC(=O)CCC/C=C\C/C=C\C/C=C\C/C=C\C=C\[C@@H](O)CC)COP(=O)(O)O. The number of rotatable bonds is 32. The molecule has 51 heavy (non-hydrogen) atoms. The summed E-state index contributed by atoms with van der Waals surface area (Å²) in [5.41, 5.74) is 0. The predicted molar refractivity (Wildman–Crippen MR) is 208 cm³/mol. The van der Waals surface area contributed by atoms with Crippen molar-refractivity contribution in [3.05, 3.63) is 97.2 Å². The van der Waals surface area contributed by atoms with Gasteiger partial charge in [0.1, 0.15) is 6.61 Å². The number of ether oxygens (including phenoxy) is 2. The molecule has 2 atom stereocenters. The lowest BCUT2D eigenvalue weighted by Gasteiger charge is -2.18. The minimum atomic E-state index is -4.79. The Morgan fingerprint density at radius 3 is 1.63 bits per heavy atom. The predicted octanol–water partition coefficient (Wildman–Crippen LogP) is 10.0. The van der Waals surface area contributed by atoms with E-state index in [1.54, 1.807) is 6.08 Å². The number of hydrogen-bond acceptors (Lipinski definition) is 7. The van der Waals surface area contributed by atoms with Crippen molar-refractivity contribution in [2.24, 2.45) is 0 Å². The third-order valence-corrected chi connectivity index (χ3v) is 7.73. The van der Waals surface area contributed by atoms with Gasteiger partial charge >= 0.3 is 19.8 Å². The van der Waals surface area contributed by atoms with E-state index in [2.05, 4.69) is 72.2 Å². The van der Waals surface area contributed by atoms with E-state index in [-0.39, 0.29) is 25.6 Å². The van der Waals surface area contributed by atoms with Crippen molar-refractivity contribution in [2.45, 2.75) is 135 Å². The van der Waals surface area contributed by atoms with Gasteiger partial charge in [0.05, 0.1) is 12.7 Å². The number of unbranched alkanes of at least 4 members (excludes halogenated alkanes) is 6. The summed E-state index contributed by atoms with van der Waals surface area (Å²) in [5.74, 6) is -1.03. The number of phosphoric acid groups is 1. The van der Waals surface area contributed by atoms with Crippen molar-refractivity contribution >= 4 is 19.8 Å². The van der Waals surface area contributed by atoms with Gasteiger partial charge in [0.25, 0.3) is 0 Å². The van der Waals surface area contributed by atoms with Gasteiger partial charge in [-0.2, -0.15) is 0 Å². The van der Waals surface area contributed by atoms with Crippen molar-refractivity contribution in [3.8, 4) is 0 Å². The fourth-order valence-electron chi connectivity index (χ4n) is 4.31. The van der Waals surface area contributed by atoms with Crippen LogP contribution in [0.1, 0.15) is 123 Å². The monoisotopic (exact) mass is 732 g/mol. The molecule has 0 aromatic rings. The van der Waals surface area contributed by atoms with E-state index in [0.717, 1.165) is 51.4 Å². The van der Waals surface area contributed by atoms with Crippen LogP contribution in [0, 0.1) is 0 Å². The van der Waals surface area contributed by atoms with Crippen molar-refractivity contribution in [2.75, 3.05) is 13.2 Å². The quantitative estimate of drug-likeness (QED) is 0.0203. The highest BCUT2D eigenvalue weighted by molar-refractivity contribution is 7.46. The highest BCUT2D eigenvalue weighted by atomic mass is 31.2. The van der Waals surface area contributed by atoms with Crippen LogP contribution in [0.25, 0.3) is 0 Å². The summed E-state index contributed by atoms with van der Waals surface area (Å²) in [5, 5.41) is 9.44. The molecule has 0 spiro atoms. The number of carbonyl (C=O) groups excluding carboxylic acids is 2. The second-order valence-corrected chi connectivity index (χ2v) is 13.2. The first-order chi connectivity index (χ1) is 24.7. The van der Waals surface area contributed by atoms with Gasteiger partial charge in [-0.15, -0.1) is 0 Å². The van der Waals surface area contributed by atoms with E-state index in [1.807, 2.05) is 37.3 Å². The van der Waals surface area contributed by atoms with Gasteiger partial charge in [-0.1, -0.05) is 124 Å². The zero-order valence-electron chi connectivity index (χ0n) is 31.1. The maximum atomic E-state index is 12.3. The van der Waals surface area contributed by atoms with Crippen molar-refractivity contribution < 1.29 is 43.0 Å². The zero-order valence-corrected chi connectivity index (χ0v) is 32.0. The molecule has 0 bridgehead atoms. The molecule has 0 radical (unpaired) electrons. The molecule has 0 aromatic carbocycles. The fraction of sp³-hybridized carbons (Fsp3) is 0.561. The number of carbonyl (C=O) groups is 2. The first-order valence-electron chi connectivity index (χ1n) is 18.6. The maximum Gasteiger partial charge on any atom is 0.469 e. The lowest BCUT2D eigenvalue weighted by atomic mass is 10.1. The second kappa shape index (κ2) is 35.3. The lowest BCUT2D eigenvalue weighted by Crippen LogP contribution is -2.29. The molecule has 0 fully saturated rings. The van der Waals surface area contributed by atoms with Crippen molar-refractivity contribution in [3.63, 3.8) is 0 Å². The van der Waals surface area contributed by atoms with Gasteiger partial charge in [-0.3, -0.25) is 14.1 Å². The smallest absolute Gasteiger partial charge is 0.462 e. The fourth-order valence-corrected chi connectivity index (χ4v) is 4.67. The molecule has 0 amide bonds. The van der Waals surface area contributed by atoms with Crippen LogP contribution < -0.4 is 0 Å². The van der Waals surface area contributed by atoms with E-state index in [1.165, 1.54) is 19.3 Å². The number of esters is 2. The third kappa shape index (κ3) is 38.0. The van der Waals surface area contributed by atoms with Crippen LogP contribution >= 0.6 is 7.82 Å². The molecule has 0 rings (SSSR count). The zero-order chi connectivity index (χ0) is 37.7. The highest BCUT2D eigenvalue weighted by Crippen LogP contribution is 2.35. The topological polar surface area (TPSA) is 140 Å². The van der Waals surface area contributed by atoms with Crippen LogP contribution in [0.3, 0.4) is 0 Å². The van der Waals surface area contributed by atoms with E-state index in [4.69, 9.17) is 19.3 Å². The molecule has 9 nitrogen and oxygen atoms in total. The van der Waals surface area contributed by atoms with Crippen LogP contribution in [-0.4, -0.2) is 52.3 Å². The largest absolute Gasteiger partial charge is 0.469 e. The Balaban J connectivity index is 4.19. The number of phosphoric ester groups is 1. The molecule has 288 valence electrons. The Kier molecular flexibility index (Phi) is 33.2. The molecule has 0 saturated carbocycles. The molecule has 0 unspecified atom stereocenters. The van der Waals surface area contributed by atoms with Gasteiger partial charge in [0.2, 0.25) is 0 Å². The summed E-state index contributed by atoms with van der Waals surface area (Å²) in [4.78, 5) is 42.7. The third-order valence-electron chi connectivity index (χ3n) is 7.24. The van der Waals surface area contributed by atoms with Crippen LogP contribution in [-0.2, 0) is 28.2 Å². The van der Waals surface area contributed by atoms with Gasteiger partial charge in [-0.25, -0.2) is 4.57 Å². The second-order valence-electron chi connectivity index (χ2n) is 12.0. The first-order valence-corrected chi connectivity index (χ1v) is 20.2. The summed E-state index contributed by atoms with van der Waals surface area (Å²) in [6.45, 7) is 3.21. The Morgan fingerprint density at radius 2 is 1.10 bits per heavy atom. The van der Waals surface area contributed by atoms with Crippen LogP contribution in [0.15, 0.2) is 97.2 Å². The number of hydrogen-bond donors (Lipinski definition) is 3. The van der Waals surface area contributed by atoms with Gasteiger partial charge in [0.15, 0.2) is 6.10 Å². The standard InChI is InChI=1S/C41H65O9P/c1-3-5-6-7-8-9-10-11-12-17-20-23-26-29-32-35-41(44)50-39(37-49-51(45,46)47)36-48-40(43)34-31-28-25-22-19-16-14-13-15-18-21-24-27-30-33-38(42)4-2/h8-9,11-12,14-16,18,20,22-25,27,30,33,38-39,42H,3-7,10,13,17,19,21,26,28-29,31-32,34-37H2,1-2H3,(H2,45,46,47)/b9-8-,12-11-,16-14-,18-15-,23-20-,25-22-,27-24-,33-30+/t38-,39+/m0/s1. The van der Waals surface area contributed by atoms with Gasteiger partial charge in [-0.05, 0) is 83.5 Å². The normalized spacial score (nSPS) is 14.2. The maximum absolute atomic E-state index is 12.3. The number of aliphatic hydroxyl groups excluding tert-OH is 1. The molecule has 0 aliphatic rings. The van der Waals surface area contributed by atoms with E-state index in [9.17, 15) is 19.3 Å². The van der Waals surface area contributed by atoms with Crippen molar-refractivity contribution in [1.82, 2.24) is 0 Å². The van der Waals surface area contributed by atoms with Gasteiger partial charge in [0, 0.05) is 12.8 Å². The molecule has 0 aliphatic heterocycles. The molecule has 3 N–H and O–H groups in total. The Labute approximate surface area is 307 Å². The van der Waals surface area contributed by atoms with Gasteiger partial charge < -0.3 is 24.4 Å². The molecule has 0 aromatic heterocycles. The Morgan fingerprint density at radius 1 is 0.608 bits per heavy atom. The summed E-state index contributed by atoms with van der Waals surface area (Å²) in [6.07, 6.45) is 45.1. The van der Waals surface area contributed by atoms with E-state index in [0.29, 0.717) is 25.7 Å².